The molecule has 0 atom stereocenters. The van der Waals surface area contributed by atoms with Crippen molar-refractivity contribution in [1.29, 1.82) is 0 Å². The predicted molar refractivity (Wildman–Crippen MR) is 103 cm³/mol. The molecule has 0 amide bonds. The molecule has 0 aromatic carbocycles. The Kier molecular flexibility index (Phi) is 4.88. The van der Waals surface area contributed by atoms with E-state index in [2.05, 4.69) is 14.5 Å². The highest BCUT2D eigenvalue weighted by Gasteiger charge is 2.28. The van der Waals surface area contributed by atoms with Crippen molar-refractivity contribution in [3.63, 3.8) is 0 Å². The minimum Gasteiger partial charge on any atom is -0.271 e. The maximum atomic E-state index is 12.9. The van der Waals surface area contributed by atoms with Crippen molar-refractivity contribution in [3.05, 3.63) is 28.3 Å². The highest BCUT2D eigenvalue weighted by Crippen LogP contribution is 2.34. The lowest BCUT2D eigenvalue weighted by Crippen LogP contribution is -2.25. The van der Waals surface area contributed by atoms with E-state index in [-0.39, 0.29) is 11.4 Å². The predicted octanol–water partition coefficient (Wildman–Crippen LogP) is 2.71. The normalized spacial score (nSPS) is 18.2. The average Bonchev–Trinajstić information content (AvgIpc) is 3.32. The standard InChI is InChI=1S/C19H29N5O2S/c1-13-19(14(2)23(3)21-13)27(25,26)20-12-17-16-10-6-7-11-18(16)24(22-17)15-8-4-5-9-15/h15,20H,4-12H2,1-3H3. The third kappa shape index (κ3) is 3.33. The van der Waals surface area contributed by atoms with Crippen molar-refractivity contribution in [2.75, 3.05) is 0 Å². The van der Waals surface area contributed by atoms with E-state index in [1.165, 1.54) is 43.4 Å². The molecular weight excluding hydrogens is 362 g/mol. The molecule has 2 aromatic heterocycles. The molecule has 2 aliphatic rings. The van der Waals surface area contributed by atoms with E-state index in [9.17, 15) is 8.42 Å². The second-order valence-electron chi connectivity index (χ2n) is 7.91. The van der Waals surface area contributed by atoms with Gasteiger partial charge in [0, 0.05) is 12.7 Å². The summed E-state index contributed by atoms with van der Waals surface area (Å²) in [6, 6.07) is 0.491. The van der Waals surface area contributed by atoms with Crippen LogP contribution in [0.1, 0.15) is 72.9 Å². The highest BCUT2D eigenvalue weighted by molar-refractivity contribution is 7.89. The second-order valence-corrected chi connectivity index (χ2v) is 9.61. The first-order chi connectivity index (χ1) is 12.9. The Bertz CT molecular complexity index is 951. The Balaban J connectivity index is 1.61. The van der Waals surface area contributed by atoms with Crippen LogP contribution in [0.4, 0.5) is 0 Å². The van der Waals surface area contributed by atoms with Crippen LogP contribution >= 0.6 is 0 Å². The number of fused-ring (bicyclic) bond motifs is 1. The van der Waals surface area contributed by atoms with Crippen LogP contribution in [-0.4, -0.2) is 28.0 Å². The molecule has 27 heavy (non-hydrogen) atoms. The minimum atomic E-state index is -3.62. The van der Waals surface area contributed by atoms with Gasteiger partial charge in [0.15, 0.2) is 0 Å². The van der Waals surface area contributed by atoms with Gasteiger partial charge in [-0.05, 0) is 57.9 Å². The summed E-state index contributed by atoms with van der Waals surface area (Å²) in [5.74, 6) is 0. The van der Waals surface area contributed by atoms with Gasteiger partial charge in [0.05, 0.1) is 29.7 Å². The molecule has 1 saturated carbocycles. The van der Waals surface area contributed by atoms with Crippen LogP contribution in [0.25, 0.3) is 0 Å². The van der Waals surface area contributed by atoms with E-state index < -0.39 is 10.0 Å². The average molecular weight is 392 g/mol. The molecule has 2 heterocycles. The van der Waals surface area contributed by atoms with Crippen LogP contribution in [-0.2, 0) is 36.5 Å². The van der Waals surface area contributed by atoms with Gasteiger partial charge < -0.3 is 0 Å². The molecule has 0 radical (unpaired) electrons. The summed E-state index contributed by atoms with van der Waals surface area (Å²) in [6.07, 6.45) is 9.33. The summed E-state index contributed by atoms with van der Waals surface area (Å²) in [5, 5.41) is 9.13. The highest BCUT2D eigenvalue weighted by atomic mass is 32.2. The van der Waals surface area contributed by atoms with E-state index in [1.807, 2.05) is 0 Å². The van der Waals surface area contributed by atoms with Crippen LogP contribution in [0.3, 0.4) is 0 Å². The summed E-state index contributed by atoms with van der Waals surface area (Å²) in [4.78, 5) is 0.286. The Morgan fingerprint density at radius 1 is 1.07 bits per heavy atom. The largest absolute Gasteiger partial charge is 0.271 e. The van der Waals surface area contributed by atoms with E-state index in [0.29, 0.717) is 17.4 Å². The van der Waals surface area contributed by atoms with Crippen LogP contribution in [0, 0.1) is 13.8 Å². The number of nitrogens with zero attached hydrogens (tertiary/aromatic N) is 4. The lowest BCUT2D eigenvalue weighted by Gasteiger charge is -2.18. The minimum absolute atomic E-state index is 0.248. The molecule has 1 N–H and O–H groups in total. The number of sulfonamides is 1. The summed E-state index contributed by atoms with van der Waals surface area (Å²) in [6.45, 7) is 3.77. The molecule has 0 unspecified atom stereocenters. The van der Waals surface area contributed by atoms with Gasteiger partial charge in [-0.25, -0.2) is 13.1 Å². The molecule has 2 aromatic rings. The molecule has 0 saturated heterocycles. The molecule has 0 bridgehead atoms. The van der Waals surface area contributed by atoms with Crippen molar-refractivity contribution in [1.82, 2.24) is 24.3 Å². The second kappa shape index (κ2) is 7.05. The van der Waals surface area contributed by atoms with Crippen LogP contribution < -0.4 is 4.72 Å². The SMILES string of the molecule is Cc1nn(C)c(C)c1S(=O)(=O)NCc1nn(C2CCCC2)c2c1CCCC2. The van der Waals surface area contributed by atoms with Gasteiger partial charge in [0.1, 0.15) is 4.90 Å². The van der Waals surface area contributed by atoms with Crippen LogP contribution in [0.2, 0.25) is 0 Å². The lowest BCUT2D eigenvalue weighted by molar-refractivity contribution is 0.439. The van der Waals surface area contributed by atoms with Crippen molar-refractivity contribution < 1.29 is 8.42 Å². The number of rotatable bonds is 5. The molecule has 1 fully saturated rings. The van der Waals surface area contributed by atoms with Gasteiger partial charge >= 0.3 is 0 Å². The van der Waals surface area contributed by atoms with Crippen molar-refractivity contribution in [2.24, 2.45) is 7.05 Å². The molecule has 4 rings (SSSR count). The first-order valence-corrected chi connectivity index (χ1v) is 11.5. The van der Waals surface area contributed by atoms with Gasteiger partial charge in [-0.3, -0.25) is 9.36 Å². The zero-order valence-corrected chi connectivity index (χ0v) is 17.3. The van der Waals surface area contributed by atoms with E-state index in [0.717, 1.165) is 25.0 Å². The summed E-state index contributed by atoms with van der Waals surface area (Å²) >= 11 is 0. The number of hydrogen-bond donors (Lipinski definition) is 1. The molecule has 7 nitrogen and oxygen atoms in total. The van der Waals surface area contributed by atoms with E-state index in [4.69, 9.17) is 5.10 Å². The third-order valence-corrected chi connectivity index (χ3v) is 7.76. The van der Waals surface area contributed by atoms with Gasteiger partial charge in [0.2, 0.25) is 10.0 Å². The Hall–Kier alpha value is -1.67. The first kappa shape index (κ1) is 18.7. The molecule has 8 heteroatoms. The van der Waals surface area contributed by atoms with E-state index in [1.54, 1.807) is 25.6 Å². The molecule has 148 valence electrons. The fraction of sp³-hybridized carbons (Fsp3) is 0.684. The quantitative estimate of drug-likeness (QED) is 0.850. The van der Waals surface area contributed by atoms with Gasteiger partial charge in [0.25, 0.3) is 0 Å². The lowest BCUT2D eigenvalue weighted by atomic mass is 9.95. The fourth-order valence-electron chi connectivity index (χ4n) is 4.68. The van der Waals surface area contributed by atoms with E-state index >= 15 is 0 Å². The molecule has 0 aliphatic heterocycles. The zero-order valence-electron chi connectivity index (χ0n) is 16.5. The zero-order chi connectivity index (χ0) is 19.2. The Labute approximate surface area is 161 Å². The number of aromatic nitrogens is 4. The molecule has 0 spiro atoms. The smallest absolute Gasteiger partial charge is 0.244 e. The third-order valence-electron chi connectivity index (χ3n) is 6.10. The van der Waals surface area contributed by atoms with Crippen LogP contribution in [0.15, 0.2) is 4.90 Å². The van der Waals surface area contributed by atoms with Crippen molar-refractivity contribution in [3.8, 4) is 0 Å². The first-order valence-electron chi connectivity index (χ1n) is 9.97. The summed E-state index contributed by atoms with van der Waals surface area (Å²) in [5.41, 5.74) is 4.70. The topological polar surface area (TPSA) is 81.8 Å². The maximum absolute atomic E-state index is 12.9. The monoisotopic (exact) mass is 391 g/mol. The van der Waals surface area contributed by atoms with Crippen molar-refractivity contribution >= 4 is 10.0 Å². The number of nitrogens with one attached hydrogen (secondary N) is 1. The van der Waals surface area contributed by atoms with Gasteiger partial charge in [-0.15, -0.1) is 0 Å². The Morgan fingerprint density at radius 3 is 2.44 bits per heavy atom. The molecular formula is C19H29N5O2S. The van der Waals surface area contributed by atoms with Crippen molar-refractivity contribution in [2.45, 2.75) is 82.7 Å². The number of aryl methyl sites for hydroxylation is 2. The van der Waals surface area contributed by atoms with Crippen LogP contribution in [0.5, 0.6) is 0 Å². The number of hydrogen-bond acceptors (Lipinski definition) is 4. The fourth-order valence-corrected chi connectivity index (χ4v) is 6.10. The summed E-state index contributed by atoms with van der Waals surface area (Å²) in [7, 11) is -1.85. The summed E-state index contributed by atoms with van der Waals surface area (Å²) < 4.78 is 32.4. The molecule has 2 aliphatic carbocycles. The van der Waals surface area contributed by atoms with Gasteiger partial charge in [-0.2, -0.15) is 10.2 Å². The van der Waals surface area contributed by atoms with Gasteiger partial charge in [-0.1, -0.05) is 12.8 Å². The maximum Gasteiger partial charge on any atom is 0.244 e. The Morgan fingerprint density at radius 2 is 1.78 bits per heavy atom.